The topological polar surface area (TPSA) is 54.4 Å². The van der Waals surface area contributed by atoms with E-state index in [1.807, 2.05) is 0 Å². The summed E-state index contributed by atoms with van der Waals surface area (Å²) in [6.45, 7) is 6.86. The van der Waals surface area contributed by atoms with Crippen molar-refractivity contribution in [2.45, 2.75) is 58.9 Å². The number of amides is 1. The molecule has 0 spiro atoms. The van der Waals surface area contributed by atoms with Crippen LogP contribution >= 0.6 is 0 Å². The second kappa shape index (κ2) is 6.61. The zero-order valence-electron chi connectivity index (χ0n) is 13.8. The molecule has 120 valence electrons. The molecule has 1 unspecified atom stereocenters. The summed E-state index contributed by atoms with van der Waals surface area (Å²) < 4.78 is -0.0360. The molecule has 2 atom stereocenters. The largest absolute Gasteiger partial charge is 0.477 e. The van der Waals surface area contributed by atoms with Gasteiger partial charge in [0.15, 0.2) is 6.04 Å². The number of nitrogens with zero attached hydrogens (tertiary/aromatic N) is 1. The highest BCUT2D eigenvalue weighted by Crippen LogP contribution is 2.39. The molecule has 4 nitrogen and oxygen atoms in total. The van der Waals surface area contributed by atoms with Crippen molar-refractivity contribution in [1.29, 1.82) is 0 Å². The number of rotatable bonds is 6. The fourth-order valence-corrected chi connectivity index (χ4v) is 3.81. The molecule has 0 radical (unpaired) electrons. The Hall–Kier alpha value is -1.68. The first-order valence-corrected chi connectivity index (χ1v) is 8.25. The van der Waals surface area contributed by atoms with Crippen molar-refractivity contribution < 1.29 is 14.7 Å². The molecule has 1 aliphatic heterocycles. The van der Waals surface area contributed by atoms with Gasteiger partial charge in [-0.3, -0.25) is 0 Å². The molecule has 4 heteroatoms. The fourth-order valence-electron chi connectivity index (χ4n) is 3.81. The van der Waals surface area contributed by atoms with Crippen LogP contribution in [0.1, 0.15) is 50.3 Å². The van der Waals surface area contributed by atoms with Crippen molar-refractivity contribution in [2.24, 2.45) is 0 Å². The maximum absolute atomic E-state index is 12.0. The number of carboxylic acids is 1. The van der Waals surface area contributed by atoms with Crippen LogP contribution in [0.15, 0.2) is 12.1 Å². The lowest BCUT2D eigenvalue weighted by atomic mass is 9.95. The first-order chi connectivity index (χ1) is 10.5. The van der Waals surface area contributed by atoms with Crippen LogP contribution in [-0.4, -0.2) is 30.1 Å². The van der Waals surface area contributed by atoms with Crippen LogP contribution in [-0.2, 0) is 28.9 Å². The van der Waals surface area contributed by atoms with E-state index in [-0.39, 0.29) is 4.48 Å². The van der Waals surface area contributed by atoms with Gasteiger partial charge in [-0.1, -0.05) is 20.8 Å². The van der Waals surface area contributed by atoms with Gasteiger partial charge in [0, 0.05) is 24.0 Å². The van der Waals surface area contributed by atoms with Gasteiger partial charge in [-0.2, -0.15) is 0 Å². The van der Waals surface area contributed by atoms with E-state index in [9.17, 15) is 14.7 Å². The van der Waals surface area contributed by atoms with E-state index < -0.39 is 12.0 Å². The van der Waals surface area contributed by atoms with Crippen LogP contribution in [0.2, 0.25) is 0 Å². The van der Waals surface area contributed by atoms with Crippen LogP contribution < -0.4 is 4.48 Å². The number of aliphatic carboxylic acids is 1. The maximum atomic E-state index is 12.0. The average Bonchev–Trinajstić information content (AvgIpc) is 2.98. The van der Waals surface area contributed by atoms with Gasteiger partial charge in [-0.25, -0.2) is 14.1 Å². The molecule has 1 aromatic rings. The number of hydrogen-bond acceptors (Lipinski definition) is 2. The highest BCUT2D eigenvalue weighted by Gasteiger charge is 2.50. The number of benzene rings is 1. The second-order valence-corrected chi connectivity index (χ2v) is 6.08. The molecule has 1 heterocycles. The van der Waals surface area contributed by atoms with Crippen molar-refractivity contribution >= 4 is 18.1 Å². The summed E-state index contributed by atoms with van der Waals surface area (Å²) in [6, 6.07) is 3.64. The number of aryl methyl sites for hydroxylation is 3. The molecule has 0 aromatic heterocycles. The lowest BCUT2D eigenvalue weighted by Gasteiger charge is -2.34. The van der Waals surface area contributed by atoms with Gasteiger partial charge < -0.3 is 5.11 Å². The Morgan fingerprint density at radius 2 is 1.82 bits per heavy atom. The third-order valence-electron chi connectivity index (χ3n) is 4.95. The fraction of sp³-hybridized carbons (Fsp3) is 0.556. The Bertz CT molecular complexity index is 557. The molecule has 0 saturated carbocycles. The maximum Gasteiger partial charge on any atom is 0.363 e. The van der Waals surface area contributed by atoms with E-state index >= 15 is 0 Å². The molecule has 1 N–H and O–H groups in total. The van der Waals surface area contributed by atoms with Crippen LogP contribution in [0.4, 0.5) is 5.69 Å². The normalized spacial score (nSPS) is 24.4. The average molecular weight is 304 g/mol. The van der Waals surface area contributed by atoms with Crippen LogP contribution in [0.3, 0.4) is 0 Å². The van der Waals surface area contributed by atoms with Crippen LogP contribution in [0, 0.1) is 0 Å². The third kappa shape index (κ3) is 2.56. The highest BCUT2D eigenvalue weighted by molar-refractivity contribution is 5.86. The van der Waals surface area contributed by atoms with E-state index in [1.165, 1.54) is 5.56 Å². The summed E-state index contributed by atoms with van der Waals surface area (Å²) in [5.41, 5.74) is 4.45. The molecule has 1 fully saturated rings. The summed E-state index contributed by atoms with van der Waals surface area (Å²) in [7, 11) is 0. The Labute approximate surface area is 132 Å². The van der Waals surface area contributed by atoms with Gasteiger partial charge in [-0.05, 0) is 37.0 Å². The van der Waals surface area contributed by atoms with E-state index in [0.29, 0.717) is 13.0 Å². The lowest BCUT2D eigenvalue weighted by molar-refractivity contribution is -0.144. The van der Waals surface area contributed by atoms with Gasteiger partial charge in [0.05, 0.1) is 6.54 Å². The molecule has 0 aliphatic carbocycles. The molecular weight excluding hydrogens is 278 g/mol. The summed E-state index contributed by atoms with van der Waals surface area (Å²) in [5, 5.41) is 9.59. The third-order valence-corrected chi connectivity index (χ3v) is 4.95. The van der Waals surface area contributed by atoms with E-state index in [2.05, 4.69) is 32.9 Å². The van der Waals surface area contributed by atoms with Gasteiger partial charge >= 0.3 is 12.4 Å². The molecule has 1 amide bonds. The quantitative estimate of drug-likeness (QED) is 0.649. The first-order valence-electron chi connectivity index (χ1n) is 8.25. The van der Waals surface area contributed by atoms with Crippen molar-refractivity contribution in [3.8, 4) is 0 Å². The number of carboxylic acid groups (broad SMARTS) is 1. The number of hydrogen-bond donors (Lipinski definition) is 1. The zero-order chi connectivity index (χ0) is 16.3. The Kier molecular flexibility index (Phi) is 5.01. The summed E-state index contributed by atoms with van der Waals surface area (Å²) in [4.78, 5) is 23.7. The predicted molar refractivity (Wildman–Crippen MR) is 88.0 cm³/mol. The van der Waals surface area contributed by atoms with E-state index in [4.69, 9.17) is 0 Å². The van der Waals surface area contributed by atoms with Crippen LogP contribution in [0.25, 0.3) is 0 Å². The van der Waals surface area contributed by atoms with E-state index in [0.717, 1.165) is 48.9 Å². The summed E-state index contributed by atoms with van der Waals surface area (Å²) >= 11 is 0. The standard InChI is InChI=1S/C18H25NO3/c1-4-13-10-14(5-2)17(15(6-3)11-13)19(12-20)9-7-8-16(19)18(21)22/h10-12,16H,4-9H2,1-3H3/p+1/t16-,19?/m0/s1. The van der Waals surface area contributed by atoms with Crippen molar-refractivity contribution in [3.63, 3.8) is 0 Å². The number of quaternary nitrogens is 1. The monoisotopic (exact) mass is 304 g/mol. The van der Waals surface area contributed by atoms with Crippen molar-refractivity contribution in [1.82, 2.24) is 4.48 Å². The molecule has 0 bridgehead atoms. The summed E-state index contributed by atoms with van der Waals surface area (Å²) in [6.07, 6.45) is 4.79. The minimum atomic E-state index is -0.867. The minimum Gasteiger partial charge on any atom is -0.477 e. The lowest BCUT2D eigenvalue weighted by Crippen LogP contribution is -2.56. The molecule has 22 heavy (non-hydrogen) atoms. The molecule has 1 aliphatic rings. The van der Waals surface area contributed by atoms with Gasteiger partial charge in [0.25, 0.3) is 0 Å². The van der Waals surface area contributed by atoms with Gasteiger partial charge in [0.1, 0.15) is 5.69 Å². The first kappa shape index (κ1) is 16.7. The molecule has 1 aromatic carbocycles. The molecular formula is C18H26NO3+. The van der Waals surface area contributed by atoms with Crippen molar-refractivity contribution in [3.05, 3.63) is 28.8 Å². The Morgan fingerprint density at radius 1 is 1.23 bits per heavy atom. The number of carbonyl (C=O) groups excluding carboxylic acids is 1. The minimum absolute atomic E-state index is 0.0360. The Morgan fingerprint density at radius 3 is 2.23 bits per heavy atom. The predicted octanol–water partition coefficient (Wildman–Crippen LogP) is 3.08. The molecule has 2 rings (SSSR count). The highest BCUT2D eigenvalue weighted by atomic mass is 16.4. The molecule has 1 saturated heterocycles. The zero-order valence-corrected chi connectivity index (χ0v) is 13.8. The summed E-state index contributed by atoms with van der Waals surface area (Å²) in [5.74, 6) is -0.867. The Balaban J connectivity index is 2.72. The number of carbonyl (C=O) groups is 2. The smallest absolute Gasteiger partial charge is 0.363 e. The SMILES string of the molecule is CCc1cc(CC)c([N+]2(C=O)CCC[C@H]2C(=O)O)c(CC)c1. The van der Waals surface area contributed by atoms with E-state index in [1.54, 1.807) is 0 Å². The number of likely N-dealkylation sites (tertiary alicyclic amines) is 1. The van der Waals surface area contributed by atoms with Crippen molar-refractivity contribution in [2.75, 3.05) is 6.54 Å². The second-order valence-electron chi connectivity index (χ2n) is 6.08. The van der Waals surface area contributed by atoms with Gasteiger partial charge in [0.2, 0.25) is 0 Å². The van der Waals surface area contributed by atoms with Crippen LogP contribution in [0.5, 0.6) is 0 Å². The van der Waals surface area contributed by atoms with Gasteiger partial charge in [-0.15, -0.1) is 0 Å².